The van der Waals surface area contributed by atoms with Crippen molar-refractivity contribution in [2.45, 2.75) is 32.9 Å². The molecule has 0 bridgehead atoms. The Balaban J connectivity index is 2.11. The summed E-state index contributed by atoms with van der Waals surface area (Å²) in [5.74, 6) is 0.169. The van der Waals surface area contributed by atoms with Gasteiger partial charge in [-0.3, -0.25) is 9.69 Å². The van der Waals surface area contributed by atoms with Gasteiger partial charge in [0.05, 0.1) is 6.04 Å². The van der Waals surface area contributed by atoms with Crippen LogP contribution >= 0.6 is 11.3 Å². The number of rotatable bonds is 5. The Hall–Kier alpha value is -0.910. The Morgan fingerprint density at radius 2 is 1.90 bits per heavy atom. The molecule has 0 spiro atoms. The Morgan fingerprint density at radius 3 is 2.43 bits per heavy atom. The number of carbonyl (C=O) groups excluding carboxylic acids is 1. The van der Waals surface area contributed by atoms with Crippen molar-refractivity contribution >= 4 is 17.2 Å². The molecule has 118 valence electrons. The van der Waals surface area contributed by atoms with E-state index in [9.17, 15) is 4.79 Å². The number of nitrogens with one attached hydrogen (secondary N) is 1. The molecule has 1 aromatic heterocycles. The number of amides is 1. The van der Waals surface area contributed by atoms with Crippen molar-refractivity contribution in [3.8, 4) is 0 Å². The minimum Gasteiger partial charge on any atom is -0.351 e. The summed E-state index contributed by atoms with van der Waals surface area (Å²) in [5.41, 5.74) is 0. The molecule has 5 heteroatoms. The number of hydrogen-bond acceptors (Lipinski definition) is 4. The van der Waals surface area contributed by atoms with Gasteiger partial charge < -0.3 is 10.2 Å². The van der Waals surface area contributed by atoms with Gasteiger partial charge in [-0.05, 0) is 25.4 Å². The molecule has 0 saturated carbocycles. The van der Waals surface area contributed by atoms with E-state index >= 15 is 0 Å². The van der Waals surface area contributed by atoms with E-state index in [1.165, 1.54) is 4.88 Å². The van der Waals surface area contributed by atoms with Crippen molar-refractivity contribution in [3.63, 3.8) is 0 Å². The summed E-state index contributed by atoms with van der Waals surface area (Å²) in [6, 6.07) is 4.69. The van der Waals surface area contributed by atoms with Gasteiger partial charge in [0.1, 0.15) is 0 Å². The molecule has 2 heterocycles. The molecule has 2 rings (SSSR count). The summed E-state index contributed by atoms with van der Waals surface area (Å²) in [5, 5.41) is 5.31. The Labute approximate surface area is 132 Å². The van der Waals surface area contributed by atoms with Gasteiger partial charge in [-0.25, -0.2) is 0 Å². The minimum absolute atomic E-state index is 0.0314. The molecular weight excluding hydrogens is 282 g/mol. The molecule has 1 aliphatic rings. The molecule has 0 unspecified atom stereocenters. The maximum Gasteiger partial charge on any atom is 0.222 e. The van der Waals surface area contributed by atoms with Crippen molar-refractivity contribution in [1.82, 2.24) is 15.1 Å². The maximum atomic E-state index is 12.0. The first-order chi connectivity index (χ1) is 9.99. The van der Waals surface area contributed by atoms with Crippen molar-refractivity contribution in [1.29, 1.82) is 0 Å². The molecule has 0 radical (unpaired) electrons. The van der Waals surface area contributed by atoms with E-state index in [0.717, 1.165) is 26.2 Å². The second-order valence-electron chi connectivity index (χ2n) is 6.25. The molecule has 0 aliphatic carbocycles. The van der Waals surface area contributed by atoms with E-state index < -0.39 is 0 Å². The SMILES string of the molecule is CC(C)C(=O)N[C@H](C)[C@@H](c1cccs1)N1CCN(C)CC1. The fourth-order valence-corrected chi connectivity index (χ4v) is 3.74. The lowest BCUT2D eigenvalue weighted by Gasteiger charge is -2.40. The van der Waals surface area contributed by atoms with Crippen LogP contribution in [0.1, 0.15) is 31.7 Å². The minimum atomic E-state index is 0.0314. The maximum absolute atomic E-state index is 12.0. The van der Waals surface area contributed by atoms with E-state index in [-0.39, 0.29) is 23.9 Å². The number of likely N-dealkylation sites (N-methyl/N-ethyl adjacent to an activating group) is 1. The average Bonchev–Trinajstić information content (AvgIpc) is 2.95. The van der Waals surface area contributed by atoms with Gasteiger partial charge in [0.15, 0.2) is 0 Å². The zero-order valence-corrected chi connectivity index (χ0v) is 14.3. The van der Waals surface area contributed by atoms with Gasteiger partial charge in [-0.2, -0.15) is 0 Å². The molecule has 1 amide bonds. The van der Waals surface area contributed by atoms with Gasteiger partial charge in [0, 0.05) is 43.0 Å². The van der Waals surface area contributed by atoms with Gasteiger partial charge in [0.2, 0.25) is 5.91 Å². The van der Waals surface area contributed by atoms with Crippen LogP contribution in [-0.4, -0.2) is 55.0 Å². The first-order valence-corrected chi connectivity index (χ1v) is 8.63. The van der Waals surface area contributed by atoms with Crippen LogP contribution in [0.15, 0.2) is 17.5 Å². The molecule has 2 atom stereocenters. The van der Waals surface area contributed by atoms with Crippen LogP contribution in [0.3, 0.4) is 0 Å². The van der Waals surface area contributed by atoms with E-state index in [4.69, 9.17) is 0 Å². The van der Waals surface area contributed by atoms with Crippen molar-refractivity contribution in [3.05, 3.63) is 22.4 Å². The smallest absolute Gasteiger partial charge is 0.222 e. The number of hydrogen-bond donors (Lipinski definition) is 1. The van der Waals surface area contributed by atoms with E-state index in [2.05, 4.69) is 46.6 Å². The van der Waals surface area contributed by atoms with Crippen LogP contribution in [0.4, 0.5) is 0 Å². The highest BCUT2D eigenvalue weighted by atomic mass is 32.1. The summed E-state index contributed by atoms with van der Waals surface area (Å²) >= 11 is 1.78. The molecule has 1 aromatic rings. The third-order valence-electron chi connectivity index (χ3n) is 4.13. The molecular formula is C16H27N3OS. The second-order valence-corrected chi connectivity index (χ2v) is 7.23. The molecule has 0 aromatic carbocycles. The Morgan fingerprint density at radius 1 is 1.24 bits per heavy atom. The molecule has 4 nitrogen and oxygen atoms in total. The second kappa shape index (κ2) is 7.38. The van der Waals surface area contributed by atoms with Crippen LogP contribution in [0.2, 0.25) is 0 Å². The molecule has 1 N–H and O–H groups in total. The lowest BCUT2D eigenvalue weighted by molar-refractivity contribution is -0.125. The standard InChI is InChI=1S/C16H27N3OS/c1-12(2)16(20)17-13(3)15(14-6-5-11-21-14)19-9-7-18(4)8-10-19/h5-6,11-13,15H,7-10H2,1-4H3,(H,17,20)/t13-,15+/m1/s1. The lowest BCUT2D eigenvalue weighted by atomic mass is 10.0. The third-order valence-corrected chi connectivity index (χ3v) is 5.08. The van der Waals surface area contributed by atoms with Crippen LogP contribution in [0, 0.1) is 5.92 Å². The summed E-state index contributed by atoms with van der Waals surface area (Å²) in [6.45, 7) is 10.3. The zero-order chi connectivity index (χ0) is 15.4. The van der Waals surface area contributed by atoms with Gasteiger partial charge >= 0.3 is 0 Å². The highest BCUT2D eigenvalue weighted by molar-refractivity contribution is 7.10. The third kappa shape index (κ3) is 4.28. The highest BCUT2D eigenvalue weighted by Crippen LogP contribution is 2.29. The summed E-state index contributed by atoms with van der Waals surface area (Å²) < 4.78 is 0. The fourth-order valence-electron chi connectivity index (χ4n) is 2.77. The largest absolute Gasteiger partial charge is 0.351 e. The fraction of sp³-hybridized carbons (Fsp3) is 0.688. The zero-order valence-electron chi connectivity index (χ0n) is 13.5. The summed E-state index contributed by atoms with van der Waals surface area (Å²) in [7, 11) is 2.17. The molecule has 1 fully saturated rings. The van der Waals surface area contributed by atoms with E-state index in [1.807, 2.05) is 13.8 Å². The normalized spacial score (nSPS) is 20.4. The highest BCUT2D eigenvalue weighted by Gasteiger charge is 2.30. The topological polar surface area (TPSA) is 35.6 Å². The Kier molecular flexibility index (Phi) is 5.79. The average molecular weight is 309 g/mol. The number of thiophene rings is 1. The van der Waals surface area contributed by atoms with Gasteiger partial charge in [-0.1, -0.05) is 19.9 Å². The number of nitrogens with zero attached hydrogens (tertiary/aromatic N) is 2. The van der Waals surface area contributed by atoms with E-state index in [0.29, 0.717) is 0 Å². The summed E-state index contributed by atoms with van der Waals surface area (Å²) in [4.78, 5) is 18.2. The Bertz CT molecular complexity index is 438. The van der Waals surface area contributed by atoms with Crippen LogP contribution in [-0.2, 0) is 4.79 Å². The molecule has 21 heavy (non-hydrogen) atoms. The number of carbonyl (C=O) groups is 1. The lowest BCUT2D eigenvalue weighted by Crippen LogP contribution is -2.51. The van der Waals surface area contributed by atoms with Crippen molar-refractivity contribution < 1.29 is 4.79 Å². The van der Waals surface area contributed by atoms with Crippen molar-refractivity contribution in [2.75, 3.05) is 33.2 Å². The predicted octanol–water partition coefficient (Wildman–Crippen LogP) is 2.20. The van der Waals surface area contributed by atoms with Gasteiger partial charge in [-0.15, -0.1) is 11.3 Å². The molecule has 1 saturated heterocycles. The van der Waals surface area contributed by atoms with Crippen LogP contribution in [0.5, 0.6) is 0 Å². The molecule has 1 aliphatic heterocycles. The van der Waals surface area contributed by atoms with Crippen LogP contribution in [0.25, 0.3) is 0 Å². The predicted molar refractivity (Wildman–Crippen MR) is 88.6 cm³/mol. The monoisotopic (exact) mass is 309 g/mol. The quantitative estimate of drug-likeness (QED) is 0.906. The number of piperazine rings is 1. The van der Waals surface area contributed by atoms with E-state index in [1.54, 1.807) is 11.3 Å². The van der Waals surface area contributed by atoms with Gasteiger partial charge in [0.25, 0.3) is 0 Å². The summed E-state index contributed by atoms with van der Waals surface area (Å²) in [6.07, 6.45) is 0. The van der Waals surface area contributed by atoms with Crippen molar-refractivity contribution in [2.24, 2.45) is 5.92 Å². The first-order valence-electron chi connectivity index (χ1n) is 7.75. The van der Waals surface area contributed by atoms with Crippen LogP contribution < -0.4 is 5.32 Å². The first kappa shape index (κ1) is 16.5.